The van der Waals surface area contributed by atoms with Gasteiger partial charge in [-0.25, -0.2) is 4.98 Å². The molecule has 1 amide bonds. The summed E-state index contributed by atoms with van der Waals surface area (Å²) in [6.07, 6.45) is 1.41. The molecule has 2 N–H and O–H groups in total. The zero-order valence-corrected chi connectivity index (χ0v) is 13.8. The fourth-order valence-electron chi connectivity index (χ4n) is 1.73. The van der Waals surface area contributed by atoms with Gasteiger partial charge in [0.1, 0.15) is 6.33 Å². The lowest BCUT2D eigenvalue weighted by molar-refractivity contribution is -0.120. The molecule has 8 heteroatoms. The number of nitrogens with zero attached hydrogens (tertiary/aromatic N) is 2. The van der Waals surface area contributed by atoms with Crippen LogP contribution >= 0.6 is 35.0 Å². The van der Waals surface area contributed by atoms with Crippen molar-refractivity contribution in [3.63, 3.8) is 0 Å². The van der Waals surface area contributed by atoms with Gasteiger partial charge in [0.05, 0.1) is 11.3 Å². The molecule has 1 aromatic carbocycles. The first-order chi connectivity index (χ1) is 9.97. The summed E-state index contributed by atoms with van der Waals surface area (Å²) < 4.78 is 0. The first-order valence-corrected chi connectivity index (χ1v) is 7.88. The third-order valence-electron chi connectivity index (χ3n) is 2.84. The van der Waals surface area contributed by atoms with Crippen LogP contribution in [-0.4, -0.2) is 26.3 Å². The summed E-state index contributed by atoms with van der Waals surface area (Å²) in [5, 5.41) is 10.8. The first-order valence-electron chi connectivity index (χ1n) is 6.24. The summed E-state index contributed by atoms with van der Waals surface area (Å²) in [6.45, 7) is 3.68. The Morgan fingerprint density at radius 1 is 1.38 bits per heavy atom. The van der Waals surface area contributed by atoms with Gasteiger partial charge in [-0.3, -0.25) is 9.89 Å². The number of hydrogen-bond acceptors (Lipinski definition) is 4. The van der Waals surface area contributed by atoms with Crippen molar-refractivity contribution in [1.29, 1.82) is 0 Å². The maximum absolute atomic E-state index is 12.2. The molecule has 0 aliphatic rings. The normalized spacial score (nSPS) is 13.7. The molecule has 1 heterocycles. The van der Waals surface area contributed by atoms with Crippen LogP contribution < -0.4 is 5.32 Å². The highest BCUT2D eigenvalue weighted by atomic mass is 35.5. The summed E-state index contributed by atoms with van der Waals surface area (Å²) in [4.78, 5) is 16.1. The van der Waals surface area contributed by atoms with E-state index in [9.17, 15) is 4.79 Å². The van der Waals surface area contributed by atoms with E-state index in [2.05, 4.69) is 20.5 Å². The lowest BCUT2D eigenvalue weighted by Crippen LogP contribution is -2.33. The van der Waals surface area contributed by atoms with Crippen LogP contribution in [0.2, 0.25) is 10.0 Å². The predicted octanol–water partition coefficient (Wildman–Crippen LogP) is 3.47. The number of aromatic nitrogens is 3. The molecule has 0 saturated carbocycles. The Balaban J connectivity index is 1.98. The van der Waals surface area contributed by atoms with Gasteiger partial charge in [0.2, 0.25) is 5.91 Å². The maximum Gasteiger partial charge on any atom is 0.233 e. The second-order valence-electron chi connectivity index (χ2n) is 4.45. The van der Waals surface area contributed by atoms with Crippen LogP contribution in [0.3, 0.4) is 0 Å². The quantitative estimate of drug-likeness (QED) is 0.814. The fraction of sp³-hybridized carbons (Fsp3) is 0.308. The molecule has 2 aromatic rings. The van der Waals surface area contributed by atoms with E-state index < -0.39 is 0 Å². The molecule has 0 bridgehead atoms. The fourth-order valence-corrected chi connectivity index (χ4v) is 3.03. The largest absolute Gasteiger partial charge is 0.349 e. The Hall–Kier alpha value is -1.24. The van der Waals surface area contributed by atoms with Crippen LogP contribution in [-0.2, 0) is 4.79 Å². The Morgan fingerprint density at radius 3 is 2.76 bits per heavy atom. The van der Waals surface area contributed by atoms with Crippen molar-refractivity contribution >= 4 is 40.9 Å². The van der Waals surface area contributed by atoms with Crippen LogP contribution in [0.4, 0.5) is 0 Å². The van der Waals surface area contributed by atoms with Gasteiger partial charge in [0.25, 0.3) is 0 Å². The number of halogens is 2. The number of aromatic amines is 1. The standard InChI is InChI=1S/C13H14Cl2N4OS/c1-7(10-4-3-9(14)5-11(10)15)18-12(20)8(2)21-13-16-6-17-19-13/h3-8H,1-2H3,(H,18,20)(H,16,17,19)/t7-,8-/m0/s1. The van der Waals surface area contributed by atoms with E-state index in [0.717, 1.165) is 5.56 Å². The molecule has 0 aliphatic heterocycles. The molecule has 0 aliphatic carbocycles. The van der Waals surface area contributed by atoms with Crippen LogP contribution in [0.15, 0.2) is 29.7 Å². The van der Waals surface area contributed by atoms with Gasteiger partial charge in [0, 0.05) is 10.0 Å². The average Bonchev–Trinajstić information content (AvgIpc) is 2.91. The number of nitrogens with one attached hydrogen (secondary N) is 2. The molecule has 0 spiro atoms. The number of carbonyl (C=O) groups is 1. The molecule has 5 nitrogen and oxygen atoms in total. The molecule has 2 atom stereocenters. The molecule has 0 fully saturated rings. The molecule has 0 unspecified atom stereocenters. The monoisotopic (exact) mass is 344 g/mol. The number of hydrogen-bond donors (Lipinski definition) is 2. The van der Waals surface area contributed by atoms with Gasteiger partial charge < -0.3 is 5.32 Å². The van der Waals surface area contributed by atoms with Crippen molar-refractivity contribution in [1.82, 2.24) is 20.5 Å². The van der Waals surface area contributed by atoms with E-state index >= 15 is 0 Å². The van der Waals surface area contributed by atoms with E-state index in [4.69, 9.17) is 23.2 Å². The van der Waals surface area contributed by atoms with Crippen molar-refractivity contribution in [3.05, 3.63) is 40.1 Å². The van der Waals surface area contributed by atoms with E-state index in [0.29, 0.717) is 15.2 Å². The molecule has 2 rings (SSSR count). The van der Waals surface area contributed by atoms with Crippen LogP contribution in [0.1, 0.15) is 25.5 Å². The molecular weight excluding hydrogens is 331 g/mol. The van der Waals surface area contributed by atoms with Crippen molar-refractivity contribution in [2.45, 2.75) is 30.3 Å². The summed E-state index contributed by atoms with van der Waals surface area (Å²) in [7, 11) is 0. The van der Waals surface area contributed by atoms with E-state index in [1.807, 2.05) is 13.0 Å². The predicted molar refractivity (Wildman–Crippen MR) is 84.7 cm³/mol. The number of rotatable bonds is 5. The third-order valence-corrected chi connectivity index (χ3v) is 4.39. The van der Waals surface area contributed by atoms with Crippen molar-refractivity contribution in [3.8, 4) is 0 Å². The van der Waals surface area contributed by atoms with Gasteiger partial charge in [-0.1, -0.05) is 41.0 Å². The highest BCUT2D eigenvalue weighted by molar-refractivity contribution is 8.00. The van der Waals surface area contributed by atoms with E-state index in [-0.39, 0.29) is 17.2 Å². The highest BCUT2D eigenvalue weighted by Crippen LogP contribution is 2.27. The molecule has 1 aromatic heterocycles. The molecule has 0 radical (unpaired) electrons. The molecular formula is C13H14Cl2N4OS. The minimum atomic E-state index is -0.300. The summed E-state index contributed by atoms with van der Waals surface area (Å²) >= 11 is 13.3. The molecule has 21 heavy (non-hydrogen) atoms. The van der Waals surface area contributed by atoms with Gasteiger partial charge >= 0.3 is 0 Å². The Kier molecular flexibility index (Phi) is 5.50. The van der Waals surface area contributed by atoms with Crippen molar-refractivity contribution in [2.24, 2.45) is 0 Å². The van der Waals surface area contributed by atoms with Gasteiger partial charge in [-0.05, 0) is 31.5 Å². The average molecular weight is 345 g/mol. The van der Waals surface area contributed by atoms with Crippen LogP contribution in [0.5, 0.6) is 0 Å². The number of amides is 1. The second kappa shape index (κ2) is 7.15. The smallest absolute Gasteiger partial charge is 0.233 e. The SMILES string of the molecule is C[C@H](Sc1ncn[nH]1)C(=O)N[C@@H](C)c1ccc(Cl)cc1Cl. The minimum Gasteiger partial charge on any atom is -0.349 e. The van der Waals surface area contributed by atoms with Gasteiger partial charge in [-0.2, -0.15) is 5.10 Å². The number of H-pyrrole nitrogens is 1. The lowest BCUT2D eigenvalue weighted by atomic mass is 10.1. The zero-order valence-electron chi connectivity index (χ0n) is 11.4. The number of benzene rings is 1. The molecule has 0 saturated heterocycles. The van der Waals surface area contributed by atoms with Crippen molar-refractivity contribution in [2.75, 3.05) is 0 Å². The Morgan fingerprint density at radius 2 is 2.14 bits per heavy atom. The van der Waals surface area contributed by atoms with Gasteiger partial charge in [0.15, 0.2) is 5.16 Å². The lowest BCUT2D eigenvalue weighted by Gasteiger charge is -2.18. The van der Waals surface area contributed by atoms with Crippen LogP contribution in [0, 0.1) is 0 Å². The maximum atomic E-state index is 12.2. The minimum absolute atomic E-state index is 0.102. The van der Waals surface area contributed by atoms with E-state index in [1.165, 1.54) is 18.1 Å². The summed E-state index contributed by atoms with van der Waals surface area (Å²) in [6, 6.07) is 5.01. The Labute approximate surface area is 136 Å². The second-order valence-corrected chi connectivity index (χ2v) is 6.62. The first kappa shape index (κ1) is 16.1. The van der Waals surface area contributed by atoms with E-state index in [1.54, 1.807) is 19.1 Å². The zero-order chi connectivity index (χ0) is 15.4. The molecule has 112 valence electrons. The summed E-state index contributed by atoms with van der Waals surface area (Å²) in [5.41, 5.74) is 0.825. The Bertz CT molecular complexity index is 621. The highest BCUT2D eigenvalue weighted by Gasteiger charge is 2.19. The van der Waals surface area contributed by atoms with Crippen molar-refractivity contribution < 1.29 is 4.79 Å². The number of carbonyl (C=O) groups excluding carboxylic acids is 1. The number of thioether (sulfide) groups is 1. The van der Waals surface area contributed by atoms with Gasteiger partial charge in [-0.15, -0.1) is 0 Å². The topological polar surface area (TPSA) is 70.7 Å². The van der Waals surface area contributed by atoms with Crippen LogP contribution in [0.25, 0.3) is 0 Å². The summed E-state index contributed by atoms with van der Waals surface area (Å²) in [5.74, 6) is -0.102. The third kappa shape index (κ3) is 4.36.